The second-order valence-electron chi connectivity index (χ2n) is 5.82. The molecule has 0 aliphatic heterocycles. The molecule has 0 saturated carbocycles. The highest BCUT2D eigenvalue weighted by atomic mass is 79.9. The number of hydrogen-bond acceptors (Lipinski definition) is 4. The number of rotatable bonds is 5. The highest BCUT2D eigenvalue weighted by Gasteiger charge is 2.16. The number of carbonyl (C=O) groups is 1. The van der Waals surface area contributed by atoms with Gasteiger partial charge in [0.05, 0.1) is 12.8 Å². The number of esters is 1. The van der Waals surface area contributed by atoms with Crippen LogP contribution in [0.2, 0.25) is 0 Å². The molecule has 0 aliphatic carbocycles. The smallest absolute Gasteiger partial charge is 0.341 e. The molecule has 5 nitrogen and oxygen atoms in total. The van der Waals surface area contributed by atoms with Crippen molar-refractivity contribution in [2.45, 2.75) is 13.8 Å². The van der Waals surface area contributed by atoms with E-state index in [9.17, 15) is 4.79 Å². The standard InChI is InChI=1S/C18H17BrN2O3/c1-11(2)10-23-18(22)15-4-3-13(19)8-16(15)24-14-7-12-5-6-20-17(12)21-9-14/h3-9,11H,10H2,1-2H3,(H,20,21). The van der Waals surface area contributed by atoms with Gasteiger partial charge >= 0.3 is 5.97 Å². The number of nitrogens with zero attached hydrogens (tertiary/aromatic N) is 1. The molecular formula is C18H17BrN2O3. The van der Waals surface area contributed by atoms with Gasteiger partial charge in [0.1, 0.15) is 22.7 Å². The van der Waals surface area contributed by atoms with E-state index in [-0.39, 0.29) is 5.92 Å². The predicted octanol–water partition coefficient (Wildman–Crippen LogP) is 4.93. The van der Waals surface area contributed by atoms with Crippen molar-refractivity contribution < 1.29 is 14.3 Å². The summed E-state index contributed by atoms with van der Waals surface area (Å²) in [5.41, 5.74) is 1.17. The highest BCUT2D eigenvalue weighted by Crippen LogP contribution is 2.30. The topological polar surface area (TPSA) is 64.2 Å². The van der Waals surface area contributed by atoms with E-state index in [4.69, 9.17) is 9.47 Å². The fraction of sp³-hybridized carbons (Fsp3) is 0.222. The van der Waals surface area contributed by atoms with Gasteiger partial charge in [-0.25, -0.2) is 9.78 Å². The van der Waals surface area contributed by atoms with Crippen LogP contribution in [-0.4, -0.2) is 22.5 Å². The van der Waals surface area contributed by atoms with Gasteiger partial charge < -0.3 is 14.5 Å². The van der Waals surface area contributed by atoms with Crippen LogP contribution in [0, 0.1) is 5.92 Å². The molecule has 0 aliphatic rings. The number of nitrogens with one attached hydrogen (secondary N) is 1. The quantitative estimate of drug-likeness (QED) is 0.629. The molecule has 3 rings (SSSR count). The molecular weight excluding hydrogens is 372 g/mol. The van der Waals surface area contributed by atoms with E-state index in [1.54, 1.807) is 24.4 Å². The Morgan fingerprint density at radius 1 is 1.29 bits per heavy atom. The summed E-state index contributed by atoms with van der Waals surface area (Å²) in [5.74, 6) is 0.851. The SMILES string of the molecule is CC(C)COC(=O)c1ccc(Br)cc1Oc1cnc2[nH]ccc2c1. The number of pyridine rings is 1. The summed E-state index contributed by atoms with van der Waals surface area (Å²) < 4.78 is 12.0. The van der Waals surface area contributed by atoms with Crippen molar-refractivity contribution in [1.82, 2.24) is 9.97 Å². The number of carbonyl (C=O) groups excluding carboxylic acids is 1. The minimum atomic E-state index is -0.401. The highest BCUT2D eigenvalue weighted by molar-refractivity contribution is 9.10. The Morgan fingerprint density at radius 2 is 2.12 bits per heavy atom. The van der Waals surface area contributed by atoms with Crippen molar-refractivity contribution in [2.75, 3.05) is 6.61 Å². The first-order valence-electron chi connectivity index (χ1n) is 7.60. The average molecular weight is 389 g/mol. The van der Waals surface area contributed by atoms with Gasteiger partial charge in [-0.1, -0.05) is 29.8 Å². The normalized spacial score (nSPS) is 11.0. The second-order valence-corrected chi connectivity index (χ2v) is 6.74. The predicted molar refractivity (Wildman–Crippen MR) is 95.4 cm³/mol. The maximum atomic E-state index is 12.3. The molecule has 0 bridgehead atoms. The van der Waals surface area contributed by atoms with E-state index in [1.807, 2.05) is 32.2 Å². The van der Waals surface area contributed by atoms with Crippen molar-refractivity contribution in [3.8, 4) is 11.5 Å². The zero-order valence-corrected chi connectivity index (χ0v) is 15.0. The van der Waals surface area contributed by atoms with Gasteiger partial charge in [-0.2, -0.15) is 0 Å². The van der Waals surface area contributed by atoms with Crippen molar-refractivity contribution in [1.29, 1.82) is 0 Å². The van der Waals surface area contributed by atoms with Gasteiger partial charge in [0.15, 0.2) is 0 Å². The van der Waals surface area contributed by atoms with Crippen LogP contribution in [0.15, 0.2) is 47.2 Å². The minimum Gasteiger partial charge on any atom is -0.462 e. The van der Waals surface area contributed by atoms with Crippen molar-refractivity contribution >= 4 is 32.9 Å². The van der Waals surface area contributed by atoms with Crippen molar-refractivity contribution in [2.24, 2.45) is 5.92 Å². The van der Waals surface area contributed by atoms with Crippen molar-refractivity contribution in [3.63, 3.8) is 0 Å². The molecule has 124 valence electrons. The number of H-pyrrole nitrogens is 1. The lowest BCUT2D eigenvalue weighted by Gasteiger charge is -2.12. The maximum absolute atomic E-state index is 12.3. The third kappa shape index (κ3) is 3.76. The van der Waals surface area contributed by atoms with Gasteiger partial charge in [0, 0.05) is 16.1 Å². The lowest BCUT2D eigenvalue weighted by Crippen LogP contribution is -2.11. The van der Waals surface area contributed by atoms with Crippen molar-refractivity contribution in [3.05, 3.63) is 52.8 Å². The van der Waals surface area contributed by atoms with E-state index < -0.39 is 5.97 Å². The fourth-order valence-corrected chi connectivity index (χ4v) is 2.51. The summed E-state index contributed by atoms with van der Waals surface area (Å²) in [4.78, 5) is 19.6. The van der Waals surface area contributed by atoms with Crippen LogP contribution in [-0.2, 0) is 4.74 Å². The first-order valence-corrected chi connectivity index (χ1v) is 8.40. The molecule has 0 radical (unpaired) electrons. The maximum Gasteiger partial charge on any atom is 0.341 e. The fourth-order valence-electron chi connectivity index (χ4n) is 2.17. The molecule has 0 amide bonds. The van der Waals surface area contributed by atoms with E-state index in [0.717, 1.165) is 15.5 Å². The van der Waals surface area contributed by atoms with Crippen LogP contribution in [0.1, 0.15) is 24.2 Å². The Kier molecular flexibility index (Phi) is 4.85. The van der Waals surface area contributed by atoms with Gasteiger partial charge in [-0.15, -0.1) is 0 Å². The molecule has 2 aromatic heterocycles. The number of halogens is 1. The van der Waals surface area contributed by atoms with E-state index >= 15 is 0 Å². The first-order chi connectivity index (χ1) is 11.5. The Labute approximate surface area is 148 Å². The number of fused-ring (bicyclic) bond motifs is 1. The number of benzene rings is 1. The molecule has 6 heteroatoms. The monoisotopic (exact) mass is 388 g/mol. The third-order valence-electron chi connectivity index (χ3n) is 3.31. The first kappa shape index (κ1) is 16.5. The Hall–Kier alpha value is -2.34. The van der Waals surface area contributed by atoms with E-state index in [0.29, 0.717) is 23.7 Å². The molecule has 0 saturated heterocycles. The molecule has 3 aromatic rings. The largest absolute Gasteiger partial charge is 0.462 e. The zero-order valence-electron chi connectivity index (χ0n) is 13.4. The van der Waals surface area contributed by atoms with Gasteiger partial charge in [0.25, 0.3) is 0 Å². The van der Waals surface area contributed by atoms with Gasteiger partial charge in [-0.05, 0) is 36.2 Å². The summed E-state index contributed by atoms with van der Waals surface area (Å²) in [6.45, 7) is 4.35. The van der Waals surface area contributed by atoms with Crippen LogP contribution in [0.3, 0.4) is 0 Å². The summed E-state index contributed by atoms with van der Waals surface area (Å²) in [5, 5.41) is 0.937. The zero-order chi connectivity index (χ0) is 17.1. The second kappa shape index (κ2) is 7.05. The third-order valence-corrected chi connectivity index (χ3v) is 3.81. The Balaban J connectivity index is 1.88. The van der Waals surface area contributed by atoms with E-state index in [1.165, 1.54) is 0 Å². The molecule has 24 heavy (non-hydrogen) atoms. The summed E-state index contributed by atoms with van der Waals surface area (Å²) in [6.07, 6.45) is 3.43. The van der Waals surface area contributed by atoms with Crippen LogP contribution in [0.5, 0.6) is 11.5 Å². The van der Waals surface area contributed by atoms with Crippen LogP contribution in [0.4, 0.5) is 0 Å². The number of hydrogen-bond donors (Lipinski definition) is 1. The number of aromatic amines is 1. The molecule has 1 aromatic carbocycles. The lowest BCUT2D eigenvalue weighted by atomic mass is 10.2. The van der Waals surface area contributed by atoms with E-state index in [2.05, 4.69) is 25.9 Å². The van der Waals surface area contributed by atoms with Gasteiger partial charge in [0.2, 0.25) is 0 Å². The Morgan fingerprint density at radius 3 is 2.92 bits per heavy atom. The van der Waals surface area contributed by atoms with Crippen LogP contribution >= 0.6 is 15.9 Å². The Bertz CT molecular complexity index is 874. The summed E-state index contributed by atoms with van der Waals surface area (Å²) in [6, 6.07) is 8.99. The number of ether oxygens (including phenoxy) is 2. The minimum absolute atomic E-state index is 0.272. The average Bonchev–Trinajstić information content (AvgIpc) is 3.00. The number of aromatic nitrogens is 2. The molecule has 0 atom stereocenters. The molecule has 0 spiro atoms. The van der Waals surface area contributed by atoms with Gasteiger partial charge in [-0.3, -0.25) is 0 Å². The molecule has 1 N–H and O–H groups in total. The molecule has 2 heterocycles. The summed E-state index contributed by atoms with van der Waals surface area (Å²) in [7, 11) is 0. The lowest BCUT2D eigenvalue weighted by molar-refractivity contribution is 0.0456. The van der Waals surface area contributed by atoms with Crippen LogP contribution in [0.25, 0.3) is 11.0 Å². The van der Waals surface area contributed by atoms with Crippen LogP contribution < -0.4 is 4.74 Å². The summed E-state index contributed by atoms with van der Waals surface area (Å²) >= 11 is 3.40. The molecule has 0 fully saturated rings. The molecule has 0 unspecified atom stereocenters.